The number of hydrogen-bond donors (Lipinski definition) is 1. The van der Waals surface area contributed by atoms with Gasteiger partial charge in [0.2, 0.25) is 0 Å². The quantitative estimate of drug-likeness (QED) is 0.633. The monoisotopic (exact) mass is 398 g/mol. The molecule has 0 atom stereocenters. The Bertz CT molecular complexity index is 1060. The molecule has 0 aliphatic carbocycles. The summed E-state index contributed by atoms with van der Waals surface area (Å²) < 4.78 is 13.5. The Morgan fingerprint density at radius 2 is 1.74 bits per heavy atom. The highest BCUT2D eigenvalue weighted by atomic mass is 35.5. The fourth-order valence-corrected chi connectivity index (χ4v) is 3.76. The summed E-state index contributed by atoms with van der Waals surface area (Å²) in [5, 5.41) is 4.73. The molecule has 1 aliphatic rings. The normalized spacial score (nSPS) is 14.2. The van der Waals surface area contributed by atoms with Gasteiger partial charge in [0.1, 0.15) is 11.5 Å². The van der Waals surface area contributed by atoms with Crippen LogP contribution in [0.2, 0.25) is 5.02 Å². The van der Waals surface area contributed by atoms with Gasteiger partial charge in [-0.1, -0.05) is 35.9 Å². The van der Waals surface area contributed by atoms with Crippen LogP contribution >= 0.6 is 22.9 Å². The number of carbonyl (C=O) groups is 2. The zero-order valence-corrected chi connectivity index (χ0v) is 15.4. The number of amides is 2. The van der Waals surface area contributed by atoms with E-state index in [9.17, 15) is 14.0 Å². The molecule has 0 spiro atoms. The lowest BCUT2D eigenvalue weighted by Crippen LogP contribution is -2.32. The fraction of sp³-hybridized carbons (Fsp3) is 0. The number of nitrogens with zero attached hydrogens (tertiary/aromatic N) is 1. The first-order chi connectivity index (χ1) is 13.1. The maximum Gasteiger partial charge on any atom is 0.282 e. The number of hydrogen-bond acceptors (Lipinski definition) is 4. The number of benzene rings is 2. The number of carbonyl (C=O) groups excluding carboxylic acids is 2. The zero-order valence-electron chi connectivity index (χ0n) is 13.8. The van der Waals surface area contributed by atoms with Crippen LogP contribution in [0, 0.1) is 5.82 Å². The molecule has 3 aromatic rings. The van der Waals surface area contributed by atoms with Crippen LogP contribution in [0.3, 0.4) is 0 Å². The molecular formula is C20H12ClFN2O2S. The largest absolute Gasteiger partial charge is 0.350 e. The van der Waals surface area contributed by atoms with E-state index in [4.69, 9.17) is 11.6 Å². The highest BCUT2D eigenvalue weighted by Crippen LogP contribution is 2.36. The number of halogens is 2. The number of para-hydroxylation sites is 1. The molecule has 1 aliphatic heterocycles. The molecule has 7 heteroatoms. The summed E-state index contributed by atoms with van der Waals surface area (Å²) >= 11 is 7.20. The van der Waals surface area contributed by atoms with Crippen molar-refractivity contribution in [3.8, 4) is 0 Å². The molecule has 0 saturated heterocycles. The second kappa shape index (κ2) is 6.98. The molecular weight excluding hydrogens is 387 g/mol. The van der Waals surface area contributed by atoms with Gasteiger partial charge in [-0.3, -0.25) is 9.59 Å². The van der Waals surface area contributed by atoms with E-state index in [-0.39, 0.29) is 22.0 Å². The second-order valence-electron chi connectivity index (χ2n) is 5.76. The van der Waals surface area contributed by atoms with Crippen molar-refractivity contribution in [2.45, 2.75) is 0 Å². The summed E-state index contributed by atoms with van der Waals surface area (Å²) in [6.45, 7) is 0. The first-order valence-electron chi connectivity index (χ1n) is 8.00. The molecule has 2 amide bonds. The van der Waals surface area contributed by atoms with Crippen molar-refractivity contribution in [3.63, 3.8) is 0 Å². The van der Waals surface area contributed by atoms with Gasteiger partial charge in [-0.15, -0.1) is 11.3 Å². The minimum absolute atomic E-state index is 0.157. The minimum Gasteiger partial charge on any atom is -0.350 e. The number of imide groups is 1. The third-order valence-electron chi connectivity index (χ3n) is 4.06. The van der Waals surface area contributed by atoms with Gasteiger partial charge >= 0.3 is 0 Å². The van der Waals surface area contributed by atoms with E-state index in [1.165, 1.54) is 23.5 Å². The highest BCUT2D eigenvalue weighted by Gasteiger charge is 2.40. The maximum absolute atomic E-state index is 13.5. The van der Waals surface area contributed by atoms with E-state index >= 15 is 0 Å². The maximum atomic E-state index is 13.5. The first kappa shape index (κ1) is 17.5. The molecule has 0 radical (unpaired) electrons. The van der Waals surface area contributed by atoms with Crippen molar-refractivity contribution in [1.29, 1.82) is 0 Å². The molecule has 0 fully saturated rings. The van der Waals surface area contributed by atoms with E-state index in [0.717, 1.165) is 11.0 Å². The molecule has 134 valence electrons. The van der Waals surface area contributed by atoms with E-state index in [1.807, 2.05) is 29.6 Å². The molecule has 2 heterocycles. The average Bonchev–Trinajstić information content (AvgIpc) is 3.26. The smallest absolute Gasteiger partial charge is 0.282 e. The predicted molar refractivity (Wildman–Crippen MR) is 105 cm³/mol. The SMILES string of the molecule is O=C1C(Nc2ccccc2)=C(c2cccs2)C(=O)N1c1ccc(F)c(Cl)c1. The standard InChI is InChI=1S/C20H12ClFN2O2S/c21-14-11-13(8-9-15(14)22)24-19(25)17(16-7-4-10-27-16)18(20(24)26)23-12-5-2-1-3-6-12/h1-11,23H. The van der Waals surface area contributed by atoms with Crippen LogP contribution in [0.5, 0.6) is 0 Å². The predicted octanol–water partition coefficient (Wildman–Crippen LogP) is 4.94. The zero-order chi connectivity index (χ0) is 19.0. The fourth-order valence-electron chi connectivity index (χ4n) is 2.82. The van der Waals surface area contributed by atoms with Crippen molar-refractivity contribution in [2.24, 2.45) is 0 Å². The van der Waals surface area contributed by atoms with Crippen LogP contribution in [0.1, 0.15) is 4.88 Å². The van der Waals surface area contributed by atoms with Crippen LogP contribution in [0.15, 0.2) is 71.7 Å². The number of thiophene rings is 1. The lowest BCUT2D eigenvalue weighted by molar-refractivity contribution is -0.120. The van der Waals surface area contributed by atoms with Gasteiger partial charge in [-0.2, -0.15) is 0 Å². The Balaban J connectivity index is 1.80. The topological polar surface area (TPSA) is 49.4 Å². The van der Waals surface area contributed by atoms with Gasteiger partial charge in [0.05, 0.1) is 16.3 Å². The molecule has 0 saturated carbocycles. The van der Waals surface area contributed by atoms with Crippen molar-refractivity contribution in [1.82, 2.24) is 0 Å². The highest BCUT2D eigenvalue weighted by molar-refractivity contribution is 7.11. The summed E-state index contributed by atoms with van der Waals surface area (Å²) in [5.74, 6) is -1.62. The average molecular weight is 399 g/mol. The number of nitrogens with one attached hydrogen (secondary N) is 1. The molecule has 1 N–H and O–H groups in total. The lowest BCUT2D eigenvalue weighted by Gasteiger charge is -2.15. The van der Waals surface area contributed by atoms with E-state index in [0.29, 0.717) is 10.6 Å². The van der Waals surface area contributed by atoms with Gasteiger partial charge in [-0.25, -0.2) is 9.29 Å². The van der Waals surface area contributed by atoms with E-state index < -0.39 is 17.6 Å². The van der Waals surface area contributed by atoms with Gasteiger partial charge < -0.3 is 5.32 Å². The summed E-state index contributed by atoms with van der Waals surface area (Å²) in [5.41, 5.74) is 1.35. The molecule has 0 unspecified atom stereocenters. The van der Waals surface area contributed by atoms with Crippen molar-refractivity contribution >= 4 is 51.7 Å². The van der Waals surface area contributed by atoms with Crippen LogP contribution in [0.25, 0.3) is 5.57 Å². The first-order valence-corrected chi connectivity index (χ1v) is 9.26. The van der Waals surface area contributed by atoms with E-state index in [1.54, 1.807) is 18.2 Å². The summed E-state index contributed by atoms with van der Waals surface area (Å²) in [7, 11) is 0. The van der Waals surface area contributed by atoms with Crippen LogP contribution < -0.4 is 10.2 Å². The van der Waals surface area contributed by atoms with Crippen LogP contribution in [-0.2, 0) is 9.59 Å². The summed E-state index contributed by atoms with van der Waals surface area (Å²) in [6, 6.07) is 16.4. The van der Waals surface area contributed by atoms with Gasteiger partial charge in [0.25, 0.3) is 11.8 Å². The molecule has 27 heavy (non-hydrogen) atoms. The summed E-state index contributed by atoms with van der Waals surface area (Å²) in [6.07, 6.45) is 0. The number of anilines is 2. The second-order valence-corrected chi connectivity index (χ2v) is 7.12. The number of rotatable bonds is 4. The molecule has 4 rings (SSSR count). The minimum atomic E-state index is -0.617. The van der Waals surface area contributed by atoms with Crippen LogP contribution in [0.4, 0.5) is 15.8 Å². The van der Waals surface area contributed by atoms with E-state index in [2.05, 4.69) is 5.32 Å². The molecule has 1 aromatic heterocycles. The Kier molecular flexibility index (Phi) is 4.51. The van der Waals surface area contributed by atoms with Gasteiger partial charge in [0, 0.05) is 10.6 Å². The van der Waals surface area contributed by atoms with Crippen molar-refractivity contribution < 1.29 is 14.0 Å². The molecule has 0 bridgehead atoms. The van der Waals surface area contributed by atoms with Crippen molar-refractivity contribution in [3.05, 3.63) is 87.5 Å². The Morgan fingerprint density at radius 3 is 2.41 bits per heavy atom. The third kappa shape index (κ3) is 3.13. The Labute approximate surface area is 163 Å². The molecule has 2 aromatic carbocycles. The van der Waals surface area contributed by atoms with Gasteiger partial charge in [0.15, 0.2) is 0 Å². The van der Waals surface area contributed by atoms with Gasteiger partial charge in [-0.05, 0) is 41.8 Å². The summed E-state index contributed by atoms with van der Waals surface area (Å²) in [4.78, 5) is 27.8. The molecule has 4 nitrogen and oxygen atoms in total. The van der Waals surface area contributed by atoms with Crippen LogP contribution in [-0.4, -0.2) is 11.8 Å². The Morgan fingerprint density at radius 1 is 0.963 bits per heavy atom. The Hall–Kier alpha value is -2.96. The third-order valence-corrected chi connectivity index (χ3v) is 5.23. The lowest BCUT2D eigenvalue weighted by atomic mass is 10.2. The van der Waals surface area contributed by atoms with Crippen molar-refractivity contribution in [2.75, 3.05) is 10.2 Å².